The molecule has 1 unspecified atom stereocenters. The average molecular weight is 502 g/mol. The van der Waals surface area contributed by atoms with E-state index in [1.807, 2.05) is 22.4 Å². The number of hydrogen-bond donors (Lipinski definition) is 0. The van der Waals surface area contributed by atoms with E-state index in [1.165, 1.54) is 17.9 Å². The van der Waals surface area contributed by atoms with Crippen molar-refractivity contribution < 1.29 is 23.2 Å². The summed E-state index contributed by atoms with van der Waals surface area (Å²) in [5.74, 6) is -2.51. The summed E-state index contributed by atoms with van der Waals surface area (Å²) in [5.41, 5.74) is -0.329. The van der Waals surface area contributed by atoms with Crippen LogP contribution in [0.3, 0.4) is 0 Å². The van der Waals surface area contributed by atoms with Crippen LogP contribution in [0.4, 0.5) is 8.78 Å². The number of piperidine rings is 1. The SMILES string of the molecule is Cc1ccc(F)c(C(=O)N2CCC3(CC2)CCN(C(=O)C2CC(=O)N(Cc4cccs4)C2)C3)c1F. The molecular weight excluding hydrogens is 472 g/mol. The number of amides is 3. The fourth-order valence-electron chi connectivity index (χ4n) is 5.67. The van der Waals surface area contributed by atoms with E-state index in [4.69, 9.17) is 0 Å². The van der Waals surface area contributed by atoms with Gasteiger partial charge in [-0.25, -0.2) is 8.78 Å². The van der Waals surface area contributed by atoms with E-state index < -0.39 is 23.1 Å². The van der Waals surface area contributed by atoms with Crippen molar-refractivity contribution in [3.63, 3.8) is 0 Å². The van der Waals surface area contributed by atoms with Crippen molar-refractivity contribution in [2.24, 2.45) is 11.3 Å². The predicted octanol–water partition coefficient (Wildman–Crippen LogP) is 3.84. The minimum absolute atomic E-state index is 0.0214. The van der Waals surface area contributed by atoms with Gasteiger partial charge >= 0.3 is 0 Å². The number of carbonyl (C=O) groups excluding carboxylic acids is 3. The van der Waals surface area contributed by atoms with Crippen molar-refractivity contribution in [1.82, 2.24) is 14.7 Å². The first kappa shape index (κ1) is 23.9. The number of aryl methyl sites for hydroxylation is 1. The zero-order valence-corrected chi connectivity index (χ0v) is 20.6. The van der Waals surface area contributed by atoms with Gasteiger partial charge in [-0.05, 0) is 54.7 Å². The highest BCUT2D eigenvalue weighted by molar-refractivity contribution is 7.09. The van der Waals surface area contributed by atoms with Crippen molar-refractivity contribution in [2.75, 3.05) is 32.7 Å². The summed E-state index contributed by atoms with van der Waals surface area (Å²) in [6.45, 7) is 4.58. The number of halogens is 2. The second-order valence-corrected chi connectivity index (χ2v) is 11.1. The van der Waals surface area contributed by atoms with Crippen molar-refractivity contribution >= 4 is 29.1 Å². The molecule has 0 aliphatic carbocycles. The number of carbonyl (C=O) groups is 3. The van der Waals surface area contributed by atoms with Crippen molar-refractivity contribution in [1.29, 1.82) is 0 Å². The third kappa shape index (κ3) is 4.58. The van der Waals surface area contributed by atoms with Gasteiger partial charge < -0.3 is 14.7 Å². The first-order valence-electron chi connectivity index (χ1n) is 12.1. The molecule has 3 amide bonds. The standard InChI is InChI=1S/C26H29F2N3O3S/c1-17-4-5-20(27)22(23(17)28)25(34)29-9-6-26(7-10-29)8-11-30(16-26)24(33)18-13-21(32)31(14-18)15-19-3-2-12-35-19/h2-5,12,18H,6-11,13-16H2,1H3. The van der Waals surface area contributed by atoms with Crippen LogP contribution in [-0.4, -0.2) is 65.1 Å². The van der Waals surface area contributed by atoms with E-state index in [0.29, 0.717) is 52.1 Å². The lowest BCUT2D eigenvalue weighted by atomic mass is 9.77. The molecule has 3 saturated heterocycles. The number of hydrogen-bond acceptors (Lipinski definition) is 4. The molecule has 5 rings (SSSR count). The molecule has 0 saturated carbocycles. The average Bonchev–Trinajstić information content (AvgIpc) is 3.59. The summed E-state index contributed by atoms with van der Waals surface area (Å²) in [7, 11) is 0. The summed E-state index contributed by atoms with van der Waals surface area (Å²) in [6.07, 6.45) is 2.47. The van der Waals surface area contributed by atoms with Gasteiger partial charge in [0.25, 0.3) is 5.91 Å². The van der Waals surface area contributed by atoms with E-state index in [0.717, 1.165) is 17.4 Å². The largest absolute Gasteiger partial charge is 0.342 e. The van der Waals surface area contributed by atoms with Crippen molar-refractivity contribution in [3.8, 4) is 0 Å². The zero-order valence-electron chi connectivity index (χ0n) is 19.8. The molecule has 35 heavy (non-hydrogen) atoms. The molecule has 1 atom stereocenters. The van der Waals surface area contributed by atoms with Gasteiger partial charge in [0.2, 0.25) is 11.8 Å². The van der Waals surface area contributed by atoms with Crippen LogP contribution in [0.2, 0.25) is 0 Å². The number of likely N-dealkylation sites (tertiary alicyclic amines) is 3. The van der Waals surface area contributed by atoms with Crippen LogP contribution < -0.4 is 0 Å². The van der Waals surface area contributed by atoms with Gasteiger partial charge in [0.1, 0.15) is 17.2 Å². The highest BCUT2D eigenvalue weighted by Crippen LogP contribution is 2.41. The lowest BCUT2D eigenvalue weighted by Gasteiger charge is -2.39. The minimum atomic E-state index is -0.838. The monoisotopic (exact) mass is 501 g/mol. The Balaban J connectivity index is 1.17. The Bertz CT molecular complexity index is 1140. The maximum absolute atomic E-state index is 14.5. The van der Waals surface area contributed by atoms with Crippen LogP contribution in [0.5, 0.6) is 0 Å². The Labute approximate surface area is 207 Å². The third-order valence-electron chi connectivity index (χ3n) is 7.85. The third-order valence-corrected chi connectivity index (χ3v) is 8.71. The van der Waals surface area contributed by atoms with Crippen LogP contribution >= 0.6 is 11.3 Å². The number of rotatable bonds is 4. The summed E-state index contributed by atoms with van der Waals surface area (Å²) in [6, 6.07) is 6.42. The molecule has 3 aliphatic rings. The molecular formula is C26H29F2N3O3S. The second kappa shape index (κ2) is 9.33. The fourth-order valence-corrected chi connectivity index (χ4v) is 6.39. The number of benzene rings is 1. The molecule has 0 N–H and O–H groups in total. The fraction of sp³-hybridized carbons (Fsp3) is 0.500. The van der Waals surface area contributed by atoms with Gasteiger partial charge in [0.05, 0.1) is 12.5 Å². The minimum Gasteiger partial charge on any atom is -0.342 e. The second-order valence-electron chi connectivity index (χ2n) is 10.1. The Morgan fingerprint density at radius 3 is 2.49 bits per heavy atom. The summed E-state index contributed by atoms with van der Waals surface area (Å²) in [5, 5.41) is 1.98. The van der Waals surface area contributed by atoms with Gasteiger partial charge in [-0.2, -0.15) is 0 Å². The van der Waals surface area contributed by atoms with Crippen molar-refractivity contribution in [3.05, 3.63) is 57.3 Å². The van der Waals surface area contributed by atoms with Crippen LogP contribution in [0, 0.1) is 29.9 Å². The highest BCUT2D eigenvalue weighted by Gasteiger charge is 2.45. The van der Waals surface area contributed by atoms with Crippen LogP contribution in [-0.2, 0) is 16.1 Å². The molecule has 0 bridgehead atoms. The van der Waals surface area contributed by atoms with E-state index in [2.05, 4.69) is 0 Å². The molecule has 4 heterocycles. The Morgan fingerprint density at radius 2 is 1.80 bits per heavy atom. The lowest BCUT2D eigenvalue weighted by Crippen LogP contribution is -2.45. The predicted molar refractivity (Wildman–Crippen MR) is 128 cm³/mol. The van der Waals surface area contributed by atoms with Gasteiger partial charge in [-0.3, -0.25) is 14.4 Å². The Hall–Kier alpha value is -2.81. The maximum Gasteiger partial charge on any atom is 0.259 e. The zero-order chi connectivity index (χ0) is 24.7. The first-order chi connectivity index (χ1) is 16.8. The molecule has 1 aromatic heterocycles. The van der Waals surface area contributed by atoms with Crippen LogP contribution in [0.25, 0.3) is 0 Å². The summed E-state index contributed by atoms with van der Waals surface area (Å²) >= 11 is 1.61. The van der Waals surface area contributed by atoms with Crippen LogP contribution in [0.15, 0.2) is 29.6 Å². The Morgan fingerprint density at radius 1 is 1.09 bits per heavy atom. The number of thiophene rings is 1. The molecule has 2 aromatic rings. The maximum atomic E-state index is 14.5. The van der Waals surface area contributed by atoms with Gasteiger partial charge in [0.15, 0.2) is 0 Å². The molecule has 186 valence electrons. The van der Waals surface area contributed by atoms with Gasteiger partial charge in [-0.15, -0.1) is 11.3 Å². The smallest absolute Gasteiger partial charge is 0.259 e. The summed E-state index contributed by atoms with van der Waals surface area (Å²) in [4.78, 5) is 44.9. The van der Waals surface area contributed by atoms with Crippen molar-refractivity contribution in [2.45, 2.75) is 39.2 Å². The van der Waals surface area contributed by atoms with E-state index >= 15 is 0 Å². The molecule has 3 fully saturated rings. The van der Waals surface area contributed by atoms with E-state index in [-0.39, 0.29) is 35.1 Å². The van der Waals surface area contributed by atoms with Crippen LogP contribution in [0.1, 0.15) is 46.5 Å². The van der Waals surface area contributed by atoms with E-state index in [9.17, 15) is 23.2 Å². The molecule has 1 spiro atoms. The quantitative estimate of drug-likeness (QED) is 0.640. The topological polar surface area (TPSA) is 60.9 Å². The van der Waals surface area contributed by atoms with Gasteiger partial charge in [0, 0.05) is 44.0 Å². The highest BCUT2D eigenvalue weighted by atomic mass is 32.1. The molecule has 1 aromatic carbocycles. The molecule has 6 nitrogen and oxygen atoms in total. The first-order valence-corrected chi connectivity index (χ1v) is 13.0. The molecule has 3 aliphatic heterocycles. The molecule has 0 radical (unpaired) electrons. The summed E-state index contributed by atoms with van der Waals surface area (Å²) < 4.78 is 28.7. The van der Waals surface area contributed by atoms with Gasteiger partial charge in [-0.1, -0.05) is 12.1 Å². The lowest BCUT2D eigenvalue weighted by molar-refractivity contribution is -0.135. The Kier molecular flexibility index (Phi) is 6.38. The molecule has 9 heteroatoms. The van der Waals surface area contributed by atoms with E-state index in [1.54, 1.807) is 16.2 Å². The number of nitrogens with zero attached hydrogens (tertiary/aromatic N) is 3. The normalized spacial score (nSPS) is 21.9.